The van der Waals surface area contributed by atoms with Crippen molar-refractivity contribution in [3.05, 3.63) is 42.5 Å². The zero-order valence-electron chi connectivity index (χ0n) is 14.2. The number of carbonyl (C=O) groups excluding carboxylic acids is 2. The Kier molecular flexibility index (Phi) is 4.43. The lowest BCUT2D eigenvalue weighted by atomic mass is 9.86. The zero-order valence-corrected chi connectivity index (χ0v) is 14.2. The first kappa shape index (κ1) is 16.1. The van der Waals surface area contributed by atoms with Gasteiger partial charge in [0.2, 0.25) is 0 Å². The van der Waals surface area contributed by atoms with Crippen molar-refractivity contribution in [3.8, 4) is 0 Å². The molecule has 2 aliphatic rings. The van der Waals surface area contributed by atoms with Crippen LogP contribution in [0, 0.1) is 17.8 Å². The molecule has 2 fully saturated rings. The van der Waals surface area contributed by atoms with E-state index in [1.54, 1.807) is 0 Å². The molecule has 4 nitrogen and oxygen atoms in total. The van der Waals surface area contributed by atoms with E-state index in [1.807, 2.05) is 42.5 Å². The molecule has 0 unspecified atom stereocenters. The first-order valence-electron chi connectivity index (χ1n) is 9.11. The average Bonchev–Trinajstić information content (AvgIpc) is 3.23. The molecule has 2 aromatic rings. The fourth-order valence-corrected chi connectivity index (χ4v) is 4.51. The zero-order chi connectivity index (χ0) is 17.2. The van der Waals surface area contributed by atoms with E-state index in [-0.39, 0.29) is 18.5 Å². The van der Waals surface area contributed by atoms with Crippen LogP contribution in [-0.4, -0.2) is 18.5 Å². The van der Waals surface area contributed by atoms with Crippen LogP contribution in [0.1, 0.15) is 32.1 Å². The summed E-state index contributed by atoms with van der Waals surface area (Å²) >= 11 is 0. The molecule has 1 N–H and O–H groups in total. The molecule has 4 heteroatoms. The maximum atomic E-state index is 12.0. The van der Waals surface area contributed by atoms with Gasteiger partial charge < -0.3 is 10.1 Å². The predicted molar refractivity (Wildman–Crippen MR) is 97.1 cm³/mol. The van der Waals surface area contributed by atoms with Crippen LogP contribution in [0.15, 0.2) is 42.5 Å². The molecule has 0 aliphatic heterocycles. The van der Waals surface area contributed by atoms with Crippen LogP contribution in [0.3, 0.4) is 0 Å². The highest BCUT2D eigenvalue weighted by Gasteiger charge is 2.40. The first-order valence-corrected chi connectivity index (χ1v) is 9.11. The number of nitrogens with one attached hydrogen (secondary N) is 1. The summed E-state index contributed by atoms with van der Waals surface area (Å²) in [4.78, 5) is 24.0. The summed E-state index contributed by atoms with van der Waals surface area (Å²) in [7, 11) is 0. The van der Waals surface area contributed by atoms with Crippen LogP contribution >= 0.6 is 0 Å². The molecule has 0 saturated heterocycles. The number of esters is 1. The summed E-state index contributed by atoms with van der Waals surface area (Å²) in [6.45, 7) is -0.216. The Morgan fingerprint density at radius 2 is 1.88 bits per heavy atom. The van der Waals surface area contributed by atoms with Gasteiger partial charge in [0.15, 0.2) is 6.61 Å². The lowest BCUT2D eigenvalue weighted by molar-refractivity contribution is -0.148. The largest absolute Gasteiger partial charge is 0.456 e. The molecule has 2 bridgehead atoms. The summed E-state index contributed by atoms with van der Waals surface area (Å²) < 4.78 is 5.18. The first-order chi connectivity index (χ1) is 12.2. The smallest absolute Gasteiger partial charge is 0.306 e. The van der Waals surface area contributed by atoms with Crippen LogP contribution in [-0.2, 0) is 14.3 Å². The molecule has 0 spiro atoms. The van der Waals surface area contributed by atoms with Gasteiger partial charge in [-0.2, -0.15) is 0 Å². The Bertz CT molecular complexity index is 801. The van der Waals surface area contributed by atoms with Gasteiger partial charge in [-0.25, -0.2) is 0 Å². The number of hydrogen-bond acceptors (Lipinski definition) is 3. The van der Waals surface area contributed by atoms with E-state index in [2.05, 4.69) is 5.32 Å². The summed E-state index contributed by atoms with van der Waals surface area (Å²) in [6.07, 6.45) is 5.48. The van der Waals surface area contributed by atoms with Crippen molar-refractivity contribution in [2.24, 2.45) is 17.8 Å². The van der Waals surface area contributed by atoms with Crippen molar-refractivity contribution in [3.63, 3.8) is 0 Å². The molecule has 25 heavy (non-hydrogen) atoms. The molecule has 1 amide bonds. The third-order valence-corrected chi connectivity index (χ3v) is 5.71. The monoisotopic (exact) mass is 337 g/mol. The Labute approximate surface area is 147 Å². The fourth-order valence-electron chi connectivity index (χ4n) is 4.51. The molecule has 130 valence electrons. The minimum atomic E-state index is -0.295. The lowest BCUT2D eigenvalue weighted by Crippen LogP contribution is -2.23. The topological polar surface area (TPSA) is 55.4 Å². The van der Waals surface area contributed by atoms with Crippen LogP contribution in [0.25, 0.3) is 10.8 Å². The maximum absolute atomic E-state index is 12.0. The molecule has 3 atom stereocenters. The maximum Gasteiger partial charge on any atom is 0.306 e. The lowest BCUT2D eigenvalue weighted by Gasteiger charge is -2.20. The minimum Gasteiger partial charge on any atom is -0.456 e. The molecule has 0 aromatic heterocycles. The Hall–Kier alpha value is -2.36. The van der Waals surface area contributed by atoms with Crippen molar-refractivity contribution < 1.29 is 14.3 Å². The van der Waals surface area contributed by atoms with E-state index < -0.39 is 0 Å². The van der Waals surface area contributed by atoms with Gasteiger partial charge in [0.25, 0.3) is 5.91 Å². The molecular weight excluding hydrogens is 314 g/mol. The van der Waals surface area contributed by atoms with Gasteiger partial charge in [0.1, 0.15) is 0 Å². The van der Waals surface area contributed by atoms with Crippen molar-refractivity contribution in [1.29, 1.82) is 0 Å². The van der Waals surface area contributed by atoms with Gasteiger partial charge >= 0.3 is 5.97 Å². The Morgan fingerprint density at radius 3 is 2.64 bits per heavy atom. The number of fused-ring (bicyclic) bond motifs is 3. The van der Waals surface area contributed by atoms with Gasteiger partial charge in [-0.15, -0.1) is 0 Å². The number of benzene rings is 2. The molecule has 4 rings (SSSR count). The molecule has 2 aromatic carbocycles. The summed E-state index contributed by atoms with van der Waals surface area (Å²) in [5.41, 5.74) is 0.716. The standard InChI is InChI=1S/C21H23NO3/c23-20(22-19-8-7-15-3-1-2-4-16(15)11-19)13-25-21(24)12-18-10-14-5-6-17(18)9-14/h1-4,7-8,11,14,17-18H,5-6,9-10,12-13H2,(H,22,23)/t14-,17+,18+/m0/s1. The fraction of sp³-hybridized carbons (Fsp3) is 0.429. The van der Waals surface area contributed by atoms with Gasteiger partial charge in [0.05, 0.1) is 0 Å². The number of amides is 1. The second-order valence-corrected chi connectivity index (χ2v) is 7.41. The Balaban J connectivity index is 1.26. The summed E-state index contributed by atoms with van der Waals surface area (Å²) in [5.74, 6) is 1.44. The number of rotatable bonds is 5. The number of anilines is 1. The van der Waals surface area contributed by atoms with Crippen molar-refractivity contribution in [2.75, 3.05) is 11.9 Å². The minimum absolute atomic E-state index is 0.216. The highest BCUT2D eigenvalue weighted by atomic mass is 16.5. The molecule has 0 heterocycles. The van der Waals surface area contributed by atoms with E-state index in [0.29, 0.717) is 23.9 Å². The van der Waals surface area contributed by atoms with E-state index in [4.69, 9.17) is 4.74 Å². The van der Waals surface area contributed by atoms with Gasteiger partial charge in [-0.3, -0.25) is 9.59 Å². The predicted octanol–water partition coefficient (Wildman–Crippen LogP) is 4.15. The summed E-state index contributed by atoms with van der Waals surface area (Å²) in [6, 6.07) is 13.7. The third-order valence-electron chi connectivity index (χ3n) is 5.71. The molecular formula is C21H23NO3. The van der Waals surface area contributed by atoms with Crippen molar-refractivity contribution in [1.82, 2.24) is 0 Å². The second kappa shape index (κ2) is 6.87. The quantitative estimate of drug-likeness (QED) is 0.834. The number of ether oxygens (including phenoxy) is 1. The molecule has 0 radical (unpaired) electrons. The highest BCUT2D eigenvalue weighted by Crippen LogP contribution is 2.49. The summed E-state index contributed by atoms with van der Waals surface area (Å²) in [5, 5.41) is 4.98. The van der Waals surface area contributed by atoms with Crippen molar-refractivity contribution in [2.45, 2.75) is 32.1 Å². The Morgan fingerprint density at radius 1 is 1.04 bits per heavy atom. The van der Waals surface area contributed by atoms with E-state index >= 15 is 0 Å². The average molecular weight is 337 g/mol. The number of hydrogen-bond donors (Lipinski definition) is 1. The van der Waals surface area contributed by atoms with E-state index in [9.17, 15) is 9.59 Å². The van der Waals surface area contributed by atoms with E-state index in [0.717, 1.165) is 23.1 Å². The van der Waals surface area contributed by atoms with Crippen LogP contribution in [0.5, 0.6) is 0 Å². The second-order valence-electron chi connectivity index (χ2n) is 7.41. The normalized spacial score (nSPS) is 24.4. The van der Waals surface area contributed by atoms with Crippen LogP contribution in [0.2, 0.25) is 0 Å². The molecule has 2 saturated carbocycles. The van der Waals surface area contributed by atoms with Crippen LogP contribution < -0.4 is 5.32 Å². The van der Waals surface area contributed by atoms with Gasteiger partial charge in [-0.1, -0.05) is 36.8 Å². The van der Waals surface area contributed by atoms with E-state index in [1.165, 1.54) is 19.3 Å². The van der Waals surface area contributed by atoms with Crippen LogP contribution in [0.4, 0.5) is 5.69 Å². The highest BCUT2D eigenvalue weighted by molar-refractivity contribution is 5.95. The van der Waals surface area contributed by atoms with Gasteiger partial charge in [0, 0.05) is 12.1 Å². The third kappa shape index (κ3) is 3.68. The van der Waals surface area contributed by atoms with Gasteiger partial charge in [-0.05, 0) is 59.9 Å². The number of carbonyl (C=O) groups is 2. The molecule has 2 aliphatic carbocycles. The SMILES string of the molecule is O=C(COC(=O)C[C@H]1C[C@H]2CC[C@@H]1C2)Nc1ccc2ccccc2c1. The van der Waals surface area contributed by atoms with Crippen molar-refractivity contribution >= 4 is 28.3 Å².